The van der Waals surface area contributed by atoms with Gasteiger partial charge in [0.15, 0.2) is 0 Å². The summed E-state index contributed by atoms with van der Waals surface area (Å²) in [6.07, 6.45) is 41.0. The highest BCUT2D eigenvalue weighted by molar-refractivity contribution is 5.83. The molecule has 7 heteroatoms. The third-order valence-corrected chi connectivity index (χ3v) is 9.25. The first-order valence-corrected chi connectivity index (χ1v) is 20.7. The summed E-state index contributed by atoms with van der Waals surface area (Å²) < 4.78 is 5.90. The van der Waals surface area contributed by atoms with Gasteiger partial charge in [-0.05, 0) is 70.4 Å². The molecule has 0 fully saturated rings. The SMILES string of the molecule is CCCCC/C=C\C/C=C\C(CCCCCCC(=O)NC(CCCN)C(=O)O)OC(=O)CCCCCCCCCCCCCCCCCC. The molecule has 49 heavy (non-hydrogen) atoms. The Bertz CT molecular complexity index is 828. The lowest BCUT2D eigenvalue weighted by Crippen LogP contribution is -2.40. The van der Waals surface area contributed by atoms with Crippen LogP contribution in [0.25, 0.3) is 0 Å². The fraction of sp³-hybridized carbons (Fsp3) is 0.833. The van der Waals surface area contributed by atoms with Gasteiger partial charge in [-0.3, -0.25) is 9.59 Å². The highest BCUT2D eigenvalue weighted by Crippen LogP contribution is 2.16. The maximum absolute atomic E-state index is 12.7. The molecule has 286 valence electrons. The Kier molecular flexibility index (Phi) is 35.5. The Balaban J connectivity index is 4.26. The number of ether oxygens (including phenoxy) is 1. The van der Waals surface area contributed by atoms with Crippen molar-refractivity contribution in [3.63, 3.8) is 0 Å². The lowest BCUT2D eigenvalue weighted by atomic mass is 10.0. The highest BCUT2D eigenvalue weighted by Gasteiger charge is 2.19. The second-order valence-corrected chi connectivity index (χ2v) is 14.1. The summed E-state index contributed by atoms with van der Waals surface area (Å²) in [5.74, 6) is -1.34. The summed E-state index contributed by atoms with van der Waals surface area (Å²) in [7, 11) is 0. The van der Waals surface area contributed by atoms with Crippen molar-refractivity contribution in [2.45, 2.75) is 219 Å². The number of esters is 1. The van der Waals surface area contributed by atoms with Crippen LogP contribution in [0.1, 0.15) is 206 Å². The molecular weight excluding hydrogens is 612 g/mol. The van der Waals surface area contributed by atoms with Crippen LogP contribution in [0, 0.1) is 0 Å². The first-order valence-electron chi connectivity index (χ1n) is 20.7. The summed E-state index contributed by atoms with van der Waals surface area (Å²) in [5, 5.41) is 11.9. The Morgan fingerprint density at radius 3 is 1.67 bits per heavy atom. The fourth-order valence-electron chi connectivity index (χ4n) is 6.11. The van der Waals surface area contributed by atoms with Gasteiger partial charge < -0.3 is 20.9 Å². The Hall–Kier alpha value is -2.15. The molecule has 0 spiro atoms. The number of nitrogens with two attached hydrogens (primary N) is 1. The van der Waals surface area contributed by atoms with Gasteiger partial charge in [-0.1, -0.05) is 154 Å². The Morgan fingerprint density at radius 1 is 0.612 bits per heavy atom. The molecule has 0 aromatic rings. The van der Waals surface area contributed by atoms with E-state index in [4.69, 9.17) is 10.5 Å². The number of nitrogens with one attached hydrogen (secondary N) is 1. The number of allylic oxidation sites excluding steroid dienone is 3. The van der Waals surface area contributed by atoms with Crippen LogP contribution in [-0.2, 0) is 19.1 Å². The molecular formula is C42H78N2O5. The van der Waals surface area contributed by atoms with E-state index in [1.165, 1.54) is 109 Å². The molecule has 0 radical (unpaired) electrons. The number of carboxylic acid groups (broad SMARTS) is 1. The van der Waals surface area contributed by atoms with Gasteiger partial charge in [0.25, 0.3) is 0 Å². The van der Waals surface area contributed by atoms with Crippen LogP contribution in [-0.4, -0.2) is 41.6 Å². The summed E-state index contributed by atoms with van der Waals surface area (Å²) in [6, 6.07) is -0.872. The van der Waals surface area contributed by atoms with E-state index in [0.29, 0.717) is 38.6 Å². The third-order valence-electron chi connectivity index (χ3n) is 9.25. The van der Waals surface area contributed by atoms with Crippen molar-refractivity contribution in [3.05, 3.63) is 24.3 Å². The zero-order valence-electron chi connectivity index (χ0n) is 32.0. The van der Waals surface area contributed by atoms with Gasteiger partial charge >= 0.3 is 11.9 Å². The molecule has 0 aliphatic carbocycles. The second kappa shape index (κ2) is 37.1. The van der Waals surface area contributed by atoms with E-state index in [-0.39, 0.29) is 18.0 Å². The number of hydrogen-bond acceptors (Lipinski definition) is 5. The summed E-state index contributed by atoms with van der Waals surface area (Å²) in [4.78, 5) is 36.2. The molecule has 4 N–H and O–H groups in total. The van der Waals surface area contributed by atoms with Crippen molar-refractivity contribution in [1.82, 2.24) is 5.32 Å². The van der Waals surface area contributed by atoms with Crippen LogP contribution >= 0.6 is 0 Å². The zero-order chi connectivity index (χ0) is 36.0. The number of amides is 1. The van der Waals surface area contributed by atoms with Crippen molar-refractivity contribution >= 4 is 17.8 Å². The van der Waals surface area contributed by atoms with Crippen molar-refractivity contribution < 1.29 is 24.2 Å². The molecule has 0 aromatic carbocycles. The average molecular weight is 691 g/mol. The molecule has 0 saturated heterocycles. The number of rotatable bonds is 37. The number of carbonyl (C=O) groups excluding carboxylic acids is 2. The largest absolute Gasteiger partial charge is 0.480 e. The molecule has 0 aliphatic rings. The van der Waals surface area contributed by atoms with Crippen LogP contribution in [0.5, 0.6) is 0 Å². The van der Waals surface area contributed by atoms with Gasteiger partial charge in [0, 0.05) is 12.8 Å². The average Bonchev–Trinajstić information content (AvgIpc) is 3.08. The molecule has 7 nitrogen and oxygen atoms in total. The van der Waals surface area contributed by atoms with E-state index < -0.39 is 12.0 Å². The van der Waals surface area contributed by atoms with Gasteiger partial charge in [-0.25, -0.2) is 4.79 Å². The van der Waals surface area contributed by atoms with E-state index in [0.717, 1.165) is 51.4 Å². The lowest BCUT2D eigenvalue weighted by molar-refractivity contribution is -0.147. The van der Waals surface area contributed by atoms with E-state index in [1.54, 1.807) is 0 Å². The van der Waals surface area contributed by atoms with E-state index in [2.05, 4.69) is 37.4 Å². The maximum Gasteiger partial charge on any atom is 0.326 e. The highest BCUT2D eigenvalue weighted by atomic mass is 16.5. The van der Waals surface area contributed by atoms with E-state index >= 15 is 0 Å². The van der Waals surface area contributed by atoms with Crippen LogP contribution in [0.15, 0.2) is 24.3 Å². The lowest BCUT2D eigenvalue weighted by Gasteiger charge is -2.15. The molecule has 0 rings (SSSR count). The van der Waals surface area contributed by atoms with Crippen LogP contribution in [0.3, 0.4) is 0 Å². The van der Waals surface area contributed by atoms with E-state index in [1.807, 2.05) is 6.08 Å². The molecule has 2 unspecified atom stereocenters. The zero-order valence-corrected chi connectivity index (χ0v) is 32.0. The fourth-order valence-corrected chi connectivity index (χ4v) is 6.11. The maximum atomic E-state index is 12.7. The number of hydrogen-bond donors (Lipinski definition) is 3. The number of unbranched alkanes of at least 4 members (excludes halogenated alkanes) is 21. The molecule has 0 bridgehead atoms. The minimum atomic E-state index is -1.02. The van der Waals surface area contributed by atoms with Crippen LogP contribution < -0.4 is 11.1 Å². The van der Waals surface area contributed by atoms with Crippen molar-refractivity contribution in [2.75, 3.05) is 6.54 Å². The van der Waals surface area contributed by atoms with Gasteiger partial charge in [0.05, 0.1) is 0 Å². The standard InChI is InChI=1S/C42H78N2O5/c1-3-5-7-9-11-13-14-15-16-17-18-19-20-22-24-30-36-41(46)49-38(32-27-23-21-12-10-8-6-4-2)33-28-25-26-29-35-40(45)44-39(42(47)48)34-31-37-43/h12,21,27,32,38-39H,3-11,13-20,22-26,28-31,33-37,43H2,1-2H3,(H,44,45)(H,47,48)/b21-12-,32-27-. The molecule has 2 atom stereocenters. The second-order valence-electron chi connectivity index (χ2n) is 14.1. The summed E-state index contributed by atoms with van der Waals surface area (Å²) in [5.41, 5.74) is 5.47. The Morgan fingerprint density at radius 2 is 1.12 bits per heavy atom. The number of carboxylic acids is 1. The predicted molar refractivity (Wildman–Crippen MR) is 207 cm³/mol. The monoisotopic (exact) mass is 691 g/mol. The minimum absolute atomic E-state index is 0.102. The third kappa shape index (κ3) is 34.1. The van der Waals surface area contributed by atoms with Gasteiger partial charge in [0.1, 0.15) is 12.1 Å². The molecule has 0 aromatic heterocycles. The molecule has 0 heterocycles. The number of aliphatic carboxylic acids is 1. The van der Waals surface area contributed by atoms with Gasteiger partial charge in [0.2, 0.25) is 5.91 Å². The van der Waals surface area contributed by atoms with Gasteiger partial charge in [-0.2, -0.15) is 0 Å². The number of carbonyl (C=O) groups is 3. The van der Waals surface area contributed by atoms with Crippen LogP contribution in [0.2, 0.25) is 0 Å². The normalized spacial score (nSPS) is 12.9. The van der Waals surface area contributed by atoms with Crippen LogP contribution in [0.4, 0.5) is 0 Å². The van der Waals surface area contributed by atoms with Crippen molar-refractivity contribution in [2.24, 2.45) is 5.73 Å². The molecule has 0 aliphatic heterocycles. The van der Waals surface area contributed by atoms with Gasteiger partial charge in [-0.15, -0.1) is 0 Å². The van der Waals surface area contributed by atoms with Crippen molar-refractivity contribution in [1.29, 1.82) is 0 Å². The first-order chi connectivity index (χ1) is 23.9. The topological polar surface area (TPSA) is 119 Å². The Labute approximate surface area is 302 Å². The van der Waals surface area contributed by atoms with Crippen molar-refractivity contribution in [3.8, 4) is 0 Å². The first kappa shape index (κ1) is 46.9. The summed E-state index contributed by atoms with van der Waals surface area (Å²) >= 11 is 0. The van der Waals surface area contributed by atoms with E-state index in [9.17, 15) is 19.5 Å². The molecule has 0 saturated carbocycles. The molecule has 1 amide bonds. The smallest absolute Gasteiger partial charge is 0.326 e. The minimum Gasteiger partial charge on any atom is -0.480 e. The predicted octanol–water partition coefficient (Wildman–Crippen LogP) is 11.3. The summed E-state index contributed by atoms with van der Waals surface area (Å²) in [6.45, 7) is 4.90. The quantitative estimate of drug-likeness (QED) is 0.0339.